The summed E-state index contributed by atoms with van der Waals surface area (Å²) in [4.78, 5) is 27.9. The molecule has 0 saturated heterocycles. The highest BCUT2D eigenvalue weighted by Crippen LogP contribution is 2.24. The maximum absolute atomic E-state index is 13.0. The summed E-state index contributed by atoms with van der Waals surface area (Å²) in [5.41, 5.74) is 1.38. The minimum Gasteiger partial charge on any atom is -0.484 e. The Balaban J connectivity index is 1.44. The molecule has 0 aliphatic heterocycles. The van der Waals surface area contributed by atoms with Crippen molar-refractivity contribution in [1.82, 2.24) is 10.3 Å². The maximum atomic E-state index is 13.0. The summed E-state index contributed by atoms with van der Waals surface area (Å²) in [5.74, 6) is -0.550. The van der Waals surface area contributed by atoms with Crippen LogP contribution in [-0.4, -0.2) is 29.9 Å². The molecule has 6 nitrogen and oxygen atoms in total. The summed E-state index contributed by atoms with van der Waals surface area (Å²) in [7, 11) is 0. The van der Waals surface area contributed by atoms with Gasteiger partial charge in [-0.3, -0.25) is 9.59 Å². The highest BCUT2D eigenvalue weighted by Gasteiger charge is 2.10. The summed E-state index contributed by atoms with van der Waals surface area (Å²) in [6.07, 6.45) is 0. The Hall–Kier alpha value is -3.26. The summed E-state index contributed by atoms with van der Waals surface area (Å²) in [6.45, 7) is -0.369. The van der Waals surface area contributed by atoms with E-state index in [1.807, 2.05) is 6.07 Å². The molecule has 2 N–H and O–H groups in total. The molecule has 1 heterocycles. The SMILES string of the molecule is O=C(COc1ccccc1)NCC(=O)Nc1nc(-c2ccc(F)cc2)cs1. The molecule has 0 spiro atoms. The van der Waals surface area contributed by atoms with Gasteiger partial charge in [0.05, 0.1) is 12.2 Å². The van der Waals surface area contributed by atoms with Gasteiger partial charge < -0.3 is 15.4 Å². The van der Waals surface area contributed by atoms with Crippen LogP contribution in [0.2, 0.25) is 0 Å². The highest BCUT2D eigenvalue weighted by molar-refractivity contribution is 7.14. The van der Waals surface area contributed by atoms with Gasteiger partial charge in [0.15, 0.2) is 11.7 Å². The molecule has 1 aromatic heterocycles. The number of halogens is 1. The molecule has 27 heavy (non-hydrogen) atoms. The molecule has 0 fully saturated rings. The van der Waals surface area contributed by atoms with Crippen molar-refractivity contribution in [3.8, 4) is 17.0 Å². The number of hydrogen-bond acceptors (Lipinski definition) is 5. The molecule has 3 aromatic rings. The molecule has 0 radical (unpaired) electrons. The highest BCUT2D eigenvalue weighted by atomic mass is 32.1. The Kier molecular flexibility index (Phi) is 6.11. The number of benzene rings is 2. The first-order chi connectivity index (χ1) is 13.1. The van der Waals surface area contributed by atoms with E-state index in [2.05, 4.69) is 15.6 Å². The van der Waals surface area contributed by atoms with Crippen LogP contribution in [0.15, 0.2) is 60.0 Å². The van der Waals surface area contributed by atoms with Crippen LogP contribution in [-0.2, 0) is 9.59 Å². The van der Waals surface area contributed by atoms with Crippen LogP contribution in [0.3, 0.4) is 0 Å². The van der Waals surface area contributed by atoms with Gasteiger partial charge in [-0.2, -0.15) is 0 Å². The average Bonchev–Trinajstić information content (AvgIpc) is 3.14. The molecule has 2 aromatic carbocycles. The van der Waals surface area contributed by atoms with Crippen LogP contribution >= 0.6 is 11.3 Å². The normalized spacial score (nSPS) is 10.3. The van der Waals surface area contributed by atoms with Crippen molar-refractivity contribution < 1.29 is 18.7 Å². The van der Waals surface area contributed by atoms with Gasteiger partial charge in [-0.25, -0.2) is 9.37 Å². The molecule has 0 atom stereocenters. The van der Waals surface area contributed by atoms with Gasteiger partial charge >= 0.3 is 0 Å². The lowest BCUT2D eigenvalue weighted by atomic mass is 10.2. The van der Waals surface area contributed by atoms with Crippen LogP contribution in [0.5, 0.6) is 5.75 Å². The first-order valence-electron chi connectivity index (χ1n) is 8.06. The minimum absolute atomic E-state index is 0.177. The minimum atomic E-state index is -0.403. The Morgan fingerprint density at radius 3 is 2.52 bits per heavy atom. The number of thiazole rings is 1. The van der Waals surface area contributed by atoms with Crippen molar-refractivity contribution in [2.45, 2.75) is 0 Å². The first-order valence-corrected chi connectivity index (χ1v) is 8.94. The van der Waals surface area contributed by atoms with Gasteiger partial charge in [0.25, 0.3) is 5.91 Å². The van der Waals surface area contributed by atoms with Crippen LogP contribution in [0.1, 0.15) is 0 Å². The Labute approximate surface area is 159 Å². The number of carbonyl (C=O) groups is 2. The van der Waals surface area contributed by atoms with Crippen LogP contribution in [0.25, 0.3) is 11.3 Å². The summed E-state index contributed by atoms with van der Waals surface area (Å²) < 4.78 is 18.3. The molecule has 138 valence electrons. The number of amides is 2. The van der Waals surface area contributed by atoms with Gasteiger partial charge in [-0.15, -0.1) is 11.3 Å². The second-order valence-electron chi connectivity index (χ2n) is 5.47. The summed E-state index contributed by atoms with van der Waals surface area (Å²) in [5, 5.41) is 7.24. The predicted molar refractivity (Wildman–Crippen MR) is 101 cm³/mol. The number of nitrogens with one attached hydrogen (secondary N) is 2. The molecular weight excluding hydrogens is 369 g/mol. The summed E-state index contributed by atoms with van der Waals surface area (Å²) in [6, 6.07) is 14.8. The van der Waals surface area contributed by atoms with Crippen molar-refractivity contribution in [3.63, 3.8) is 0 Å². The number of anilines is 1. The van der Waals surface area contributed by atoms with E-state index < -0.39 is 11.8 Å². The molecule has 3 rings (SSSR count). The monoisotopic (exact) mass is 385 g/mol. The van der Waals surface area contributed by atoms with Crippen molar-refractivity contribution in [2.75, 3.05) is 18.5 Å². The van der Waals surface area contributed by atoms with Crippen molar-refractivity contribution in [2.24, 2.45) is 0 Å². The zero-order chi connectivity index (χ0) is 19.1. The zero-order valence-corrected chi connectivity index (χ0v) is 15.0. The van der Waals surface area contributed by atoms with Crippen molar-refractivity contribution >= 4 is 28.3 Å². The largest absolute Gasteiger partial charge is 0.484 e. The number of ether oxygens (including phenoxy) is 1. The third-order valence-corrected chi connectivity index (χ3v) is 4.21. The molecule has 0 unspecified atom stereocenters. The van der Waals surface area contributed by atoms with Crippen LogP contribution in [0.4, 0.5) is 9.52 Å². The predicted octanol–water partition coefficient (Wildman–Crippen LogP) is 3.08. The number of para-hydroxylation sites is 1. The molecule has 2 amide bonds. The standard InChI is InChI=1S/C19H16FN3O3S/c20-14-8-6-13(7-9-14)16-12-27-19(22-16)23-17(24)10-21-18(25)11-26-15-4-2-1-3-5-15/h1-9,12H,10-11H2,(H,21,25)(H,22,23,24). The van der Waals surface area contributed by atoms with Gasteiger partial charge in [0.2, 0.25) is 5.91 Å². The number of aromatic nitrogens is 1. The third-order valence-electron chi connectivity index (χ3n) is 3.45. The molecular formula is C19H16FN3O3S. The Morgan fingerprint density at radius 2 is 1.78 bits per heavy atom. The van der Waals surface area contributed by atoms with Gasteiger partial charge in [0.1, 0.15) is 11.6 Å². The molecule has 8 heteroatoms. The topological polar surface area (TPSA) is 80.3 Å². The van der Waals surface area contributed by atoms with E-state index in [4.69, 9.17) is 4.74 Å². The first kappa shape index (κ1) is 18.5. The molecule has 0 aliphatic rings. The van der Waals surface area contributed by atoms with E-state index >= 15 is 0 Å². The molecule has 0 aliphatic carbocycles. The van der Waals surface area contributed by atoms with Gasteiger partial charge in [-0.05, 0) is 36.4 Å². The lowest BCUT2D eigenvalue weighted by molar-refractivity contribution is -0.125. The number of nitrogens with zero attached hydrogens (tertiary/aromatic N) is 1. The van der Waals surface area contributed by atoms with E-state index in [1.165, 1.54) is 23.5 Å². The number of rotatable bonds is 7. The van der Waals surface area contributed by atoms with Gasteiger partial charge in [0, 0.05) is 10.9 Å². The fraction of sp³-hybridized carbons (Fsp3) is 0.105. The fourth-order valence-corrected chi connectivity index (χ4v) is 2.88. The Morgan fingerprint density at radius 1 is 1.04 bits per heavy atom. The van der Waals surface area contributed by atoms with Crippen LogP contribution < -0.4 is 15.4 Å². The lowest BCUT2D eigenvalue weighted by Gasteiger charge is -2.07. The van der Waals surface area contributed by atoms with E-state index in [1.54, 1.807) is 41.8 Å². The quantitative estimate of drug-likeness (QED) is 0.655. The van der Waals surface area contributed by atoms with E-state index in [9.17, 15) is 14.0 Å². The molecule has 0 bridgehead atoms. The van der Waals surface area contributed by atoms with Crippen molar-refractivity contribution in [3.05, 3.63) is 65.8 Å². The zero-order valence-electron chi connectivity index (χ0n) is 14.1. The van der Waals surface area contributed by atoms with Crippen LogP contribution in [0, 0.1) is 5.82 Å². The maximum Gasteiger partial charge on any atom is 0.258 e. The number of hydrogen-bond donors (Lipinski definition) is 2. The van der Waals surface area contributed by atoms with E-state index in [-0.39, 0.29) is 19.0 Å². The van der Waals surface area contributed by atoms with Crippen molar-refractivity contribution in [1.29, 1.82) is 0 Å². The molecule has 0 saturated carbocycles. The smallest absolute Gasteiger partial charge is 0.258 e. The summed E-state index contributed by atoms with van der Waals surface area (Å²) >= 11 is 1.24. The van der Waals surface area contributed by atoms with E-state index in [0.717, 1.165) is 5.56 Å². The fourth-order valence-electron chi connectivity index (χ4n) is 2.14. The second kappa shape index (κ2) is 8.91. The van der Waals surface area contributed by atoms with Gasteiger partial charge in [-0.1, -0.05) is 18.2 Å². The number of carbonyl (C=O) groups excluding carboxylic acids is 2. The third kappa shape index (κ3) is 5.61. The average molecular weight is 385 g/mol. The van der Waals surface area contributed by atoms with E-state index in [0.29, 0.717) is 16.6 Å². The second-order valence-corrected chi connectivity index (χ2v) is 6.33. The lowest BCUT2D eigenvalue weighted by Crippen LogP contribution is -2.35. The Bertz CT molecular complexity index is 913.